The van der Waals surface area contributed by atoms with Gasteiger partial charge in [-0.15, -0.1) is 11.3 Å². The van der Waals surface area contributed by atoms with Crippen LogP contribution in [0.15, 0.2) is 42.5 Å². The van der Waals surface area contributed by atoms with E-state index in [1.807, 2.05) is 31.2 Å². The average molecular weight is 307 g/mol. The summed E-state index contributed by atoms with van der Waals surface area (Å²) in [4.78, 5) is 4.56. The third-order valence-electron chi connectivity index (χ3n) is 3.00. The van der Waals surface area contributed by atoms with Crippen LogP contribution in [0.3, 0.4) is 0 Å². The molecule has 0 saturated heterocycles. The quantitative estimate of drug-likeness (QED) is 0.713. The number of anilines is 1. The number of benzene rings is 2. The van der Waals surface area contributed by atoms with Gasteiger partial charge < -0.3 is 5.32 Å². The van der Waals surface area contributed by atoms with Crippen molar-refractivity contribution in [2.75, 3.05) is 5.32 Å². The summed E-state index contributed by atoms with van der Waals surface area (Å²) in [6.45, 7) is 1.96. The van der Waals surface area contributed by atoms with E-state index in [1.165, 1.54) is 6.07 Å². The molecule has 0 spiro atoms. The van der Waals surface area contributed by atoms with Gasteiger partial charge in [-0.1, -0.05) is 29.8 Å². The Labute approximate surface area is 125 Å². The second kappa shape index (κ2) is 5.38. The van der Waals surface area contributed by atoms with E-state index in [4.69, 9.17) is 11.6 Å². The van der Waals surface area contributed by atoms with Gasteiger partial charge in [-0.3, -0.25) is 0 Å². The molecule has 0 aliphatic heterocycles. The van der Waals surface area contributed by atoms with E-state index in [-0.39, 0.29) is 11.1 Å². The molecule has 20 heavy (non-hydrogen) atoms. The zero-order chi connectivity index (χ0) is 14.1. The van der Waals surface area contributed by atoms with Crippen molar-refractivity contribution in [3.8, 4) is 0 Å². The van der Waals surface area contributed by atoms with Crippen molar-refractivity contribution < 1.29 is 4.39 Å². The molecule has 3 rings (SSSR count). The number of aromatic nitrogens is 1. The van der Waals surface area contributed by atoms with Crippen LogP contribution in [0, 0.1) is 5.82 Å². The summed E-state index contributed by atoms with van der Waals surface area (Å²) in [5, 5.41) is 4.16. The van der Waals surface area contributed by atoms with Gasteiger partial charge in [0.15, 0.2) is 5.82 Å². The maximum absolute atomic E-state index is 13.9. The summed E-state index contributed by atoms with van der Waals surface area (Å²) < 4.78 is 15.0. The minimum Gasteiger partial charge on any atom is -0.374 e. The first-order valence-electron chi connectivity index (χ1n) is 6.21. The highest BCUT2D eigenvalue weighted by Crippen LogP contribution is 2.30. The van der Waals surface area contributed by atoms with Crippen LogP contribution in [0.25, 0.3) is 10.2 Å². The molecule has 1 N–H and O–H groups in total. The summed E-state index contributed by atoms with van der Waals surface area (Å²) in [5.41, 5.74) is 1.36. The predicted octanol–water partition coefficient (Wildman–Crippen LogP) is 5.26. The summed E-state index contributed by atoms with van der Waals surface area (Å²) >= 11 is 7.39. The van der Waals surface area contributed by atoms with Gasteiger partial charge in [0.25, 0.3) is 0 Å². The van der Waals surface area contributed by atoms with Gasteiger partial charge in [0, 0.05) is 0 Å². The van der Waals surface area contributed by atoms with Crippen LogP contribution in [-0.2, 0) is 0 Å². The van der Waals surface area contributed by atoms with E-state index in [9.17, 15) is 4.39 Å². The highest BCUT2D eigenvalue weighted by Gasteiger charge is 2.14. The normalized spacial score (nSPS) is 12.6. The van der Waals surface area contributed by atoms with E-state index in [0.717, 1.165) is 15.2 Å². The van der Waals surface area contributed by atoms with Crippen LogP contribution in [0.1, 0.15) is 18.0 Å². The van der Waals surface area contributed by atoms with Gasteiger partial charge in [0.05, 0.1) is 27.0 Å². The van der Waals surface area contributed by atoms with Gasteiger partial charge in [0.2, 0.25) is 0 Å². The molecule has 3 aromatic rings. The summed E-state index contributed by atoms with van der Waals surface area (Å²) in [7, 11) is 0. The molecule has 1 heterocycles. The fourth-order valence-corrected chi connectivity index (χ4v) is 3.13. The van der Waals surface area contributed by atoms with Gasteiger partial charge in [0.1, 0.15) is 5.01 Å². The average Bonchev–Trinajstić information content (AvgIpc) is 2.88. The highest BCUT2D eigenvalue weighted by molar-refractivity contribution is 7.18. The van der Waals surface area contributed by atoms with Crippen molar-refractivity contribution in [1.29, 1.82) is 0 Å². The lowest BCUT2D eigenvalue weighted by atomic mass is 10.2. The van der Waals surface area contributed by atoms with E-state index in [0.29, 0.717) is 5.69 Å². The van der Waals surface area contributed by atoms with Crippen LogP contribution in [-0.4, -0.2) is 4.98 Å². The first kappa shape index (κ1) is 13.3. The number of rotatable bonds is 3. The Bertz CT molecular complexity index is 723. The smallest absolute Gasteiger partial charge is 0.164 e. The van der Waals surface area contributed by atoms with Crippen LogP contribution < -0.4 is 5.32 Å². The molecule has 0 fully saturated rings. The highest BCUT2D eigenvalue weighted by atomic mass is 35.5. The summed E-state index contributed by atoms with van der Waals surface area (Å²) in [6.07, 6.45) is 0. The number of nitrogens with zero attached hydrogens (tertiary/aromatic N) is 1. The van der Waals surface area contributed by atoms with Crippen LogP contribution in [0.2, 0.25) is 5.02 Å². The van der Waals surface area contributed by atoms with Crippen molar-refractivity contribution in [3.63, 3.8) is 0 Å². The molecule has 102 valence electrons. The first-order valence-corrected chi connectivity index (χ1v) is 7.40. The number of fused-ring (bicyclic) bond motifs is 1. The molecule has 1 unspecified atom stereocenters. The molecule has 2 aromatic carbocycles. The largest absolute Gasteiger partial charge is 0.374 e. The number of hydrogen-bond donors (Lipinski definition) is 1. The van der Waals surface area contributed by atoms with E-state index >= 15 is 0 Å². The number of hydrogen-bond acceptors (Lipinski definition) is 3. The lowest BCUT2D eigenvalue weighted by Crippen LogP contribution is -2.07. The number of thiazole rings is 1. The Hall–Kier alpha value is -1.65. The minimum atomic E-state index is -0.429. The molecule has 0 amide bonds. The summed E-state index contributed by atoms with van der Waals surface area (Å²) in [5.74, 6) is -0.429. The molecule has 1 atom stereocenters. The molecule has 0 aliphatic carbocycles. The van der Waals surface area contributed by atoms with Crippen molar-refractivity contribution >= 4 is 38.8 Å². The van der Waals surface area contributed by atoms with Gasteiger partial charge >= 0.3 is 0 Å². The number of halogens is 2. The van der Waals surface area contributed by atoms with Crippen molar-refractivity contribution in [2.24, 2.45) is 0 Å². The Morgan fingerprint density at radius 1 is 1.20 bits per heavy atom. The fraction of sp³-hybridized carbons (Fsp3) is 0.133. The summed E-state index contributed by atoms with van der Waals surface area (Å²) in [6, 6.07) is 12.8. The molecule has 2 nitrogen and oxygen atoms in total. The number of nitrogens with one attached hydrogen (secondary N) is 1. The second-order valence-electron chi connectivity index (χ2n) is 4.49. The van der Waals surface area contributed by atoms with Gasteiger partial charge in [-0.05, 0) is 31.2 Å². The predicted molar refractivity (Wildman–Crippen MR) is 83.1 cm³/mol. The lowest BCUT2D eigenvalue weighted by Gasteiger charge is -2.13. The molecular formula is C15H12ClFN2S. The van der Waals surface area contributed by atoms with Crippen molar-refractivity contribution in [1.82, 2.24) is 4.98 Å². The SMILES string of the molecule is CC(Nc1cccc(Cl)c1F)c1nc2ccccc2s1. The van der Waals surface area contributed by atoms with Crippen LogP contribution in [0.5, 0.6) is 0 Å². The van der Waals surface area contributed by atoms with Crippen molar-refractivity contribution in [2.45, 2.75) is 13.0 Å². The maximum Gasteiger partial charge on any atom is 0.164 e. The molecule has 0 aliphatic rings. The number of para-hydroxylation sites is 1. The molecule has 0 bridgehead atoms. The van der Waals surface area contributed by atoms with E-state index in [1.54, 1.807) is 23.5 Å². The van der Waals surface area contributed by atoms with Crippen molar-refractivity contribution in [3.05, 3.63) is 58.3 Å². The van der Waals surface area contributed by atoms with Gasteiger partial charge in [-0.2, -0.15) is 0 Å². The Morgan fingerprint density at radius 3 is 2.80 bits per heavy atom. The molecule has 0 radical (unpaired) electrons. The lowest BCUT2D eigenvalue weighted by molar-refractivity contribution is 0.628. The van der Waals surface area contributed by atoms with E-state index < -0.39 is 5.82 Å². The first-order chi connectivity index (χ1) is 9.65. The zero-order valence-electron chi connectivity index (χ0n) is 10.7. The zero-order valence-corrected chi connectivity index (χ0v) is 12.3. The molecule has 1 aromatic heterocycles. The fourth-order valence-electron chi connectivity index (χ4n) is 1.99. The topological polar surface area (TPSA) is 24.9 Å². The van der Waals surface area contributed by atoms with Crippen LogP contribution in [0.4, 0.5) is 10.1 Å². The Kier molecular flexibility index (Phi) is 3.59. The second-order valence-corrected chi connectivity index (χ2v) is 5.96. The van der Waals surface area contributed by atoms with E-state index in [2.05, 4.69) is 10.3 Å². The molecular weight excluding hydrogens is 295 g/mol. The third kappa shape index (κ3) is 2.49. The Morgan fingerprint density at radius 2 is 2.00 bits per heavy atom. The Balaban J connectivity index is 1.89. The maximum atomic E-state index is 13.9. The molecule has 0 saturated carbocycles. The minimum absolute atomic E-state index is 0.0830. The standard InChI is InChI=1S/C15H12ClFN2S/c1-9(18-12-7-4-5-10(16)14(12)17)15-19-11-6-2-3-8-13(11)20-15/h2-9,18H,1H3. The molecule has 5 heteroatoms. The third-order valence-corrected chi connectivity index (χ3v) is 4.52. The van der Waals surface area contributed by atoms with Gasteiger partial charge in [-0.25, -0.2) is 9.37 Å². The van der Waals surface area contributed by atoms with Crippen LogP contribution >= 0.6 is 22.9 Å². The monoisotopic (exact) mass is 306 g/mol.